The number of hydrogen-bond donors (Lipinski definition) is 1. The van der Waals surface area contributed by atoms with Gasteiger partial charge in [0.2, 0.25) is 5.91 Å². The molecular weight excluding hydrogens is 258 g/mol. The van der Waals surface area contributed by atoms with Crippen LogP contribution in [0.2, 0.25) is 0 Å². The van der Waals surface area contributed by atoms with Gasteiger partial charge in [0.1, 0.15) is 0 Å². The summed E-state index contributed by atoms with van der Waals surface area (Å²) in [6.45, 7) is 4.30. The second-order valence-electron chi connectivity index (χ2n) is 5.69. The Morgan fingerprint density at radius 1 is 1.26 bits per heavy atom. The van der Waals surface area contributed by atoms with E-state index in [-0.39, 0.29) is 11.9 Å². The van der Waals surface area contributed by atoms with E-state index in [0.717, 1.165) is 38.1 Å². The lowest BCUT2D eigenvalue weighted by Gasteiger charge is -2.37. The van der Waals surface area contributed by atoms with Crippen molar-refractivity contribution in [2.45, 2.75) is 44.2 Å². The zero-order valence-electron chi connectivity index (χ0n) is 12.0. The molecule has 1 amide bonds. The van der Waals surface area contributed by atoms with Gasteiger partial charge in [0.25, 0.3) is 0 Å². The van der Waals surface area contributed by atoms with Crippen LogP contribution >= 0.6 is 11.8 Å². The molecule has 4 nitrogen and oxygen atoms in total. The molecule has 2 N–H and O–H groups in total. The molecule has 0 aliphatic carbocycles. The van der Waals surface area contributed by atoms with E-state index in [9.17, 15) is 4.79 Å². The normalized spacial score (nSPS) is 23.8. The molecule has 2 aliphatic heterocycles. The van der Waals surface area contributed by atoms with Gasteiger partial charge in [-0.2, -0.15) is 11.8 Å². The van der Waals surface area contributed by atoms with Crippen LogP contribution in [0.1, 0.15) is 32.1 Å². The van der Waals surface area contributed by atoms with E-state index < -0.39 is 0 Å². The summed E-state index contributed by atoms with van der Waals surface area (Å²) < 4.78 is 0. The first kappa shape index (κ1) is 15.1. The maximum Gasteiger partial charge on any atom is 0.239 e. The lowest BCUT2D eigenvalue weighted by atomic mass is 10.0. The molecule has 2 heterocycles. The predicted octanol–water partition coefficient (Wildman–Crippen LogP) is 1.15. The van der Waals surface area contributed by atoms with Gasteiger partial charge in [-0.25, -0.2) is 0 Å². The van der Waals surface area contributed by atoms with Gasteiger partial charge in [-0.05, 0) is 57.2 Å². The Labute approximate surface area is 121 Å². The molecule has 1 atom stereocenters. The van der Waals surface area contributed by atoms with Crippen LogP contribution in [-0.2, 0) is 4.79 Å². The fourth-order valence-corrected chi connectivity index (χ4v) is 3.65. The lowest BCUT2D eigenvalue weighted by Crippen LogP contribution is -2.50. The molecule has 0 bridgehead atoms. The van der Waals surface area contributed by atoms with Crippen LogP contribution in [0.15, 0.2) is 0 Å². The van der Waals surface area contributed by atoms with Crippen molar-refractivity contribution in [3.05, 3.63) is 0 Å². The number of carbonyl (C=O) groups is 1. The zero-order valence-corrected chi connectivity index (χ0v) is 12.8. The number of likely N-dealkylation sites (tertiary alicyclic amines) is 2. The highest BCUT2D eigenvalue weighted by Crippen LogP contribution is 2.21. The number of piperidine rings is 1. The van der Waals surface area contributed by atoms with Crippen LogP contribution < -0.4 is 5.73 Å². The Morgan fingerprint density at radius 2 is 1.89 bits per heavy atom. The van der Waals surface area contributed by atoms with Crippen LogP contribution in [0.25, 0.3) is 0 Å². The number of hydrogen-bond acceptors (Lipinski definition) is 4. The van der Waals surface area contributed by atoms with Gasteiger partial charge < -0.3 is 15.5 Å². The molecule has 0 aromatic carbocycles. The minimum atomic E-state index is -0.296. The first-order chi connectivity index (χ1) is 9.22. The number of amides is 1. The van der Waals surface area contributed by atoms with E-state index in [0.29, 0.717) is 6.04 Å². The fraction of sp³-hybridized carbons (Fsp3) is 0.929. The minimum absolute atomic E-state index is 0.161. The summed E-state index contributed by atoms with van der Waals surface area (Å²) in [5.74, 6) is 1.13. The fourth-order valence-electron chi connectivity index (χ4n) is 3.16. The Kier molecular flexibility index (Phi) is 5.98. The second-order valence-corrected chi connectivity index (χ2v) is 6.67. The summed E-state index contributed by atoms with van der Waals surface area (Å²) in [7, 11) is 0. The molecule has 0 radical (unpaired) electrons. The third kappa shape index (κ3) is 4.10. The molecule has 0 saturated carbocycles. The summed E-state index contributed by atoms with van der Waals surface area (Å²) in [5, 5.41) is 0. The summed E-state index contributed by atoms with van der Waals surface area (Å²) in [6.07, 6.45) is 7.80. The first-order valence-corrected chi connectivity index (χ1v) is 8.89. The van der Waals surface area contributed by atoms with Gasteiger partial charge in [-0.1, -0.05) is 0 Å². The van der Waals surface area contributed by atoms with E-state index in [1.165, 1.54) is 25.9 Å². The van der Waals surface area contributed by atoms with Crippen LogP contribution in [-0.4, -0.2) is 66.0 Å². The van der Waals surface area contributed by atoms with Crippen molar-refractivity contribution in [2.75, 3.05) is 38.2 Å². The number of rotatable bonds is 5. The first-order valence-electron chi connectivity index (χ1n) is 7.49. The van der Waals surface area contributed by atoms with Gasteiger partial charge >= 0.3 is 0 Å². The van der Waals surface area contributed by atoms with Crippen molar-refractivity contribution in [3.8, 4) is 0 Å². The second kappa shape index (κ2) is 7.50. The lowest BCUT2D eigenvalue weighted by molar-refractivity contribution is -0.134. The summed E-state index contributed by atoms with van der Waals surface area (Å²) in [4.78, 5) is 16.8. The van der Waals surface area contributed by atoms with Gasteiger partial charge in [-0.3, -0.25) is 4.79 Å². The molecule has 0 aromatic rings. The molecule has 0 aromatic heterocycles. The number of nitrogens with zero attached hydrogens (tertiary/aromatic N) is 2. The van der Waals surface area contributed by atoms with Crippen molar-refractivity contribution < 1.29 is 4.79 Å². The molecule has 2 rings (SSSR count). The molecular formula is C14H27N3OS. The SMILES string of the molecule is CSCC[C@H](N)C(=O)N1CCC(N2CCCC2)CC1. The third-order valence-corrected chi connectivity index (χ3v) is 5.03. The van der Waals surface area contributed by atoms with Crippen LogP contribution in [0.4, 0.5) is 0 Å². The summed E-state index contributed by atoms with van der Waals surface area (Å²) in [6, 6.07) is 0.407. The molecule has 0 spiro atoms. The van der Waals surface area contributed by atoms with Crippen LogP contribution in [0.3, 0.4) is 0 Å². The molecule has 110 valence electrons. The largest absolute Gasteiger partial charge is 0.341 e. The Morgan fingerprint density at radius 3 is 2.47 bits per heavy atom. The highest BCUT2D eigenvalue weighted by Gasteiger charge is 2.29. The van der Waals surface area contributed by atoms with Crippen molar-refractivity contribution in [2.24, 2.45) is 5.73 Å². The average Bonchev–Trinajstić information content (AvgIpc) is 2.98. The van der Waals surface area contributed by atoms with E-state index >= 15 is 0 Å². The van der Waals surface area contributed by atoms with Gasteiger partial charge in [-0.15, -0.1) is 0 Å². The molecule has 2 aliphatic rings. The highest BCUT2D eigenvalue weighted by molar-refractivity contribution is 7.98. The van der Waals surface area contributed by atoms with Crippen LogP contribution in [0.5, 0.6) is 0 Å². The van der Waals surface area contributed by atoms with Crippen molar-refractivity contribution in [1.29, 1.82) is 0 Å². The predicted molar refractivity (Wildman–Crippen MR) is 81.4 cm³/mol. The van der Waals surface area contributed by atoms with E-state index in [2.05, 4.69) is 11.2 Å². The topological polar surface area (TPSA) is 49.6 Å². The number of thioether (sulfide) groups is 1. The van der Waals surface area contributed by atoms with E-state index in [1.54, 1.807) is 11.8 Å². The quantitative estimate of drug-likeness (QED) is 0.823. The smallest absolute Gasteiger partial charge is 0.239 e. The maximum atomic E-state index is 12.2. The summed E-state index contributed by atoms with van der Waals surface area (Å²) >= 11 is 1.75. The van der Waals surface area contributed by atoms with Crippen molar-refractivity contribution in [1.82, 2.24) is 9.80 Å². The standard InChI is InChI=1S/C14H27N3OS/c1-19-11-6-13(15)14(18)17-9-4-12(5-10-17)16-7-2-3-8-16/h12-13H,2-11,15H2,1H3/t13-/m0/s1. The molecule has 19 heavy (non-hydrogen) atoms. The van der Waals surface area contributed by atoms with E-state index in [4.69, 9.17) is 5.73 Å². The summed E-state index contributed by atoms with van der Waals surface area (Å²) in [5.41, 5.74) is 5.98. The Balaban J connectivity index is 1.74. The van der Waals surface area contributed by atoms with E-state index in [1.807, 2.05) is 4.90 Å². The molecule has 2 fully saturated rings. The van der Waals surface area contributed by atoms with Gasteiger partial charge in [0.05, 0.1) is 6.04 Å². The minimum Gasteiger partial charge on any atom is -0.341 e. The van der Waals surface area contributed by atoms with Crippen molar-refractivity contribution >= 4 is 17.7 Å². The number of carbonyl (C=O) groups excluding carboxylic acids is 1. The zero-order chi connectivity index (χ0) is 13.7. The van der Waals surface area contributed by atoms with Crippen molar-refractivity contribution in [3.63, 3.8) is 0 Å². The Bertz CT molecular complexity index is 286. The average molecular weight is 285 g/mol. The highest BCUT2D eigenvalue weighted by atomic mass is 32.2. The molecule has 5 heteroatoms. The monoisotopic (exact) mass is 285 g/mol. The Hall–Kier alpha value is -0.260. The molecule has 2 saturated heterocycles. The van der Waals surface area contributed by atoms with Gasteiger partial charge in [0, 0.05) is 19.1 Å². The molecule has 0 unspecified atom stereocenters. The number of nitrogens with two attached hydrogens (primary N) is 1. The maximum absolute atomic E-state index is 12.2. The van der Waals surface area contributed by atoms with Gasteiger partial charge in [0.15, 0.2) is 0 Å². The van der Waals surface area contributed by atoms with Crippen LogP contribution in [0, 0.1) is 0 Å². The third-order valence-electron chi connectivity index (χ3n) is 4.38.